The third kappa shape index (κ3) is 1.49. The van der Waals surface area contributed by atoms with Gasteiger partial charge >= 0.3 is 0 Å². The fourth-order valence-electron chi connectivity index (χ4n) is 0.973. The number of rotatable bonds is 2. The van der Waals surface area contributed by atoms with Crippen molar-refractivity contribution < 1.29 is 0 Å². The van der Waals surface area contributed by atoms with Crippen molar-refractivity contribution in [2.24, 2.45) is 0 Å². The molecule has 0 aliphatic carbocycles. The number of aromatic amines is 1. The fraction of sp³-hybridized carbons (Fsp3) is 0.125. The normalized spacial score (nSPS) is 10.2. The molecule has 0 spiro atoms. The Bertz CT molecular complexity index is 264. The van der Waals surface area contributed by atoms with E-state index in [1.165, 1.54) is 4.88 Å². The minimum absolute atomic E-state index is 0.921. The Kier molecular flexibility index (Phi) is 1.73. The molecule has 1 N–H and O–H groups in total. The van der Waals surface area contributed by atoms with E-state index in [9.17, 15) is 0 Å². The summed E-state index contributed by atoms with van der Waals surface area (Å²) in [5.41, 5.74) is 0. The highest BCUT2D eigenvalue weighted by atomic mass is 32.1. The van der Waals surface area contributed by atoms with E-state index in [0.29, 0.717) is 0 Å². The fourth-order valence-corrected chi connectivity index (χ4v) is 1.68. The third-order valence-corrected chi connectivity index (χ3v) is 2.35. The van der Waals surface area contributed by atoms with Crippen LogP contribution < -0.4 is 0 Å². The second kappa shape index (κ2) is 2.88. The van der Waals surface area contributed by atoms with Crippen molar-refractivity contribution in [3.63, 3.8) is 0 Å². The monoisotopic (exact) mass is 164 g/mol. The highest BCUT2D eigenvalue weighted by Gasteiger charge is 1.96. The summed E-state index contributed by atoms with van der Waals surface area (Å²) in [4.78, 5) is 8.56. The first-order chi connectivity index (χ1) is 5.45. The number of thiophene rings is 1. The molecule has 0 unspecified atom stereocenters. The van der Waals surface area contributed by atoms with Crippen LogP contribution in [0.3, 0.4) is 0 Å². The number of hydrogen-bond acceptors (Lipinski definition) is 2. The maximum absolute atomic E-state index is 4.14. The number of hydrogen-bond donors (Lipinski definition) is 1. The molecule has 2 heterocycles. The molecule has 0 aliphatic heterocycles. The van der Waals surface area contributed by atoms with Gasteiger partial charge in [-0.25, -0.2) is 4.98 Å². The van der Waals surface area contributed by atoms with Crippen molar-refractivity contribution in [2.45, 2.75) is 6.42 Å². The van der Waals surface area contributed by atoms with Crippen molar-refractivity contribution in [1.29, 1.82) is 0 Å². The minimum atomic E-state index is 0.921. The summed E-state index contributed by atoms with van der Waals surface area (Å²) in [5, 5.41) is 2.08. The maximum Gasteiger partial charge on any atom is 0.111 e. The predicted molar refractivity (Wildman–Crippen MR) is 45.7 cm³/mol. The highest BCUT2D eigenvalue weighted by Crippen LogP contribution is 2.11. The number of nitrogens with one attached hydrogen (secondary N) is 1. The Morgan fingerprint density at radius 3 is 3.18 bits per heavy atom. The molecule has 0 atom stereocenters. The standard InChI is InChI=1S/C8H8N2S/c1-2-7(11-5-1)6-8-9-3-4-10-8/h1-5H,6H2,(H,9,10). The first kappa shape index (κ1) is 6.61. The Labute approximate surface area is 68.9 Å². The lowest BCUT2D eigenvalue weighted by atomic mass is 10.3. The van der Waals surface area contributed by atoms with E-state index < -0.39 is 0 Å². The topological polar surface area (TPSA) is 28.7 Å². The Morgan fingerprint density at radius 1 is 1.55 bits per heavy atom. The number of nitrogens with zero attached hydrogens (tertiary/aromatic N) is 1. The molecular weight excluding hydrogens is 156 g/mol. The van der Waals surface area contributed by atoms with Crippen LogP contribution >= 0.6 is 11.3 Å². The molecule has 2 nitrogen and oxygen atoms in total. The van der Waals surface area contributed by atoms with Crippen LogP contribution in [0.15, 0.2) is 29.9 Å². The molecule has 0 saturated heterocycles. The zero-order chi connectivity index (χ0) is 7.52. The van der Waals surface area contributed by atoms with Gasteiger partial charge < -0.3 is 4.98 Å². The van der Waals surface area contributed by atoms with E-state index in [2.05, 4.69) is 27.5 Å². The Morgan fingerprint density at radius 2 is 2.55 bits per heavy atom. The van der Waals surface area contributed by atoms with Crippen molar-refractivity contribution in [3.05, 3.63) is 40.6 Å². The molecule has 0 bridgehead atoms. The maximum atomic E-state index is 4.14. The van der Waals surface area contributed by atoms with E-state index in [0.717, 1.165) is 12.2 Å². The van der Waals surface area contributed by atoms with Crippen LogP contribution in [0, 0.1) is 0 Å². The lowest BCUT2D eigenvalue weighted by Gasteiger charge is -1.89. The summed E-state index contributed by atoms with van der Waals surface area (Å²) in [6.07, 6.45) is 4.55. The second-order valence-electron chi connectivity index (χ2n) is 2.29. The summed E-state index contributed by atoms with van der Waals surface area (Å²) in [6.45, 7) is 0. The van der Waals surface area contributed by atoms with Gasteiger partial charge in [-0.05, 0) is 11.4 Å². The largest absolute Gasteiger partial charge is 0.348 e. The van der Waals surface area contributed by atoms with E-state index in [1.807, 2.05) is 6.20 Å². The van der Waals surface area contributed by atoms with Crippen LogP contribution in [0.2, 0.25) is 0 Å². The third-order valence-electron chi connectivity index (χ3n) is 1.48. The first-order valence-corrected chi connectivity index (χ1v) is 4.34. The summed E-state index contributed by atoms with van der Waals surface area (Å²) in [5.74, 6) is 1.03. The molecule has 0 fully saturated rings. The zero-order valence-electron chi connectivity index (χ0n) is 5.95. The lowest BCUT2D eigenvalue weighted by Crippen LogP contribution is -1.85. The highest BCUT2D eigenvalue weighted by molar-refractivity contribution is 7.09. The molecule has 2 aromatic heterocycles. The number of aromatic nitrogens is 2. The van der Waals surface area contributed by atoms with Crippen molar-refractivity contribution in [1.82, 2.24) is 9.97 Å². The summed E-state index contributed by atoms with van der Waals surface area (Å²) in [7, 11) is 0. The Balaban J connectivity index is 2.14. The molecular formula is C8H8N2S. The summed E-state index contributed by atoms with van der Waals surface area (Å²) < 4.78 is 0. The average Bonchev–Trinajstić information content (AvgIpc) is 2.60. The molecule has 0 amide bonds. The quantitative estimate of drug-likeness (QED) is 0.723. The van der Waals surface area contributed by atoms with Gasteiger partial charge in [0.1, 0.15) is 5.82 Å². The van der Waals surface area contributed by atoms with Gasteiger partial charge in [0.15, 0.2) is 0 Å². The van der Waals surface area contributed by atoms with E-state index in [4.69, 9.17) is 0 Å². The van der Waals surface area contributed by atoms with Crippen molar-refractivity contribution >= 4 is 11.3 Å². The molecule has 2 rings (SSSR count). The lowest BCUT2D eigenvalue weighted by molar-refractivity contribution is 1.04. The molecule has 0 aliphatic rings. The molecule has 11 heavy (non-hydrogen) atoms. The molecule has 0 aromatic carbocycles. The van der Waals surface area contributed by atoms with Gasteiger partial charge in [0.05, 0.1) is 0 Å². The van der Waals surface area contributed by atoms with Crippen LogP contribution in [0.4, 0.5) is 0 Å². The van der Waals surface area contributed by atoms with E-state index in [1.54, 1.807) is 17.5 Å². The molecule has 0 saturated carbocycles. The summed E-state index contributed by atoms with van der Waals surface area (Å²) in [6, 6.07) is 4.18. The molecule has 2 aromatic rings. The van der Waals surface area contributed by atoms with Gasteiger partial charge in [-0.15, -0.1) is 11.3 Å². The number of imidazole rings is 1. The van der Waals surface area contributed by atoms with Gasteiger partial charge in [0, 0.05) is 23.7 Å². The van der Waals surface area contributed by atoms with Crippen LogP contribution in [-0.2, 0) is 6.42 Å². The van der Waals surface area contributed by atoms with Crippen LogP contribution in [0.25, 0.3) is 0 Å². The van der Waals surface area contributed by atoms with E-state index >= 15 is 0 Å². The van der Waals surface area contributed by atoms with Gasteiger partial charge in [0.2, 0.25) is 0 Å². The zero-order valence-corrected chi connectivity index (χ0v) is 6.77. The SMILES string of the molecule is c1csc(Cc2ncc[nH]2)c1. The van der Waals surface area contributed by atoms with Gasteiger partial charge in [-0.1, -0.05) is 6.07 Å². The minimum Gasteiger partial charge on any atom is -0.348 e. The van der Waals surface area contributed by atoms with Crippen molar-refractivity contribution in [3.8, 4) is 0 Å². The average molecular weight is 164 g/mol. The molecule has 3 heteroatoms. The van der Waals surface area contributed by atoms with Gasteiger partial charge in [0.25, 0.3) is 0 Å². The van der Waals surface area contributed by atoms with Crippen LogP contribution in [0.5, 0.6) is 0 Å². The smallest absolute Gasteiger partial charge is 0.111 e. The summed E-state index contributed by atoms with van der Waals surface area (Å²) >= 11 is 1.76. The Hall–Kier alpha value is -1.09. The van der Waals surface area contributed by atoms with Gasteiger partial charge in [-0.3, -0.25) is 0 Å². The molecule has 0 radical (unpaired) electrons. The van der Waals surface area contributed by atoms with Crippen LogP contribution in [0.1, 0.15) is 10.7 Å². The predicted octanol–water partition coefficient (Wildman–Crippen LogP) is 2.06. The van der Waals surface area contributed by atoms with Gasteiger partial charge in [-0.2, -0.15) is 0 Å². The molecule has 56 valence electrons. The second-order valence-corrected chi connectivity index (χ2v) is 3.32. The van der Waals surface area contributed by atoms with Crippen LogP contribution in [-0.4, -0.2) is 9.97 Å². The van der Waals surface area contributed by atoms with Crippen molar-refractivity contribution in [2.75, 3.05) is 0 Å². The van der Waals surface area contributed by atoms with E-state index in [-0.39, 0.29) is 0 Å². The number of H-pyrrole nitrogens is 1. The first-order valence-electron chi connectivity index (χ1n) is 3.46.